The second kappa shape index (κ2) is 39.3. The van der Waals surface area contributed by atoms with Crippen LogP contribution in [0.1, 0.15) is 102 Å². The van der Waals surface area contributed by atoms with Crippen molar-refractivity contribution in [1.29, 1.82) is 0 Å². The zero-order valence-electron chi connectivity index (χ0n) is 43.2. The largest absolute Gasteiger partial charge is 0.465 e. The highest BCUT2D eigenvalue weighted by Crippen LogP contribution is 2.32. The van der Waals surface area contributed by atoms with Crippen molar-refractivity contribution in [3.05, 3.63) is 119 Å². The first kappa shape index (κ1) is 66.8. The van der Waals surface area contributed by atoms with Crippen LogP contribution in [0.2, 0.25) is 0 Å². The number of nitrogens with one attached hydrogen (secondary N) is 6. The molecule has 0 radical (unpaired) electrons. The van der Waals surface area contributed by atoms with Crippen LogP contribution in [-0.2, 0) is 12.4 Å². The summed E-state index contributed by atoms with van der Waals surface area (Å²) in [5.74, 6) is 0. The van der Waals surface area contributed by atoms with Gasteiger partial charge in [0.15, 0.2) is 0 Å². The SMILES string of the molecule is C1CCNC1.CC.CC.CCNC(=O)O.Cc1ccc(-c2ccc(C(F)(F)F)cc2)cc1.Cc1ccc(-c2ccc(C(F)(F)F)cc2)cc1.O=C(O)NCCC1CCCN1.OC1CCNC1.OC1CCNC1. The lowest BCUT2D eigenvalue weighted by molar-refractivity contribution is -0.138. The zero-order chi connectivity index (χ0) is 54.4. The number of hydrogen-bond acceptors (Lipinski definition) is 8. The number of aliphatic hydroxyl groups is 2. The molecule has 0 spiro atoms. The van der Waals surface area contributed by atoms with E-state index in [2.05, 4.69) is 31.9 Å². The van der Waals surface area contributed by atoms with Crippen molar-refractivity contribution >= 4 is 12.2 Å². The van der Waals surface area contributed by atoms with Gasteiger partial charge in [-0.2, -0.15) is 26.3 Å². The van der Waals surface area contributed by atoms with Crippen molar-refractivity contribution in [2.24, 2.45) is 0 Å². The lowest BCUT2D eigenvalue weighted by Crippen LogP contribution is -2.29. The summed E-state index contributed by atoms with van der Waals surface area (Å²) in [6.07, 6.45) is -2.61. The Morgan fingerprint density at radius 2 is 0.889 bits per heavy atom. The predicted octanol–water partition coefficient (Wildman–Crippen LogP) is 11.1. The van der Waals surface area contributed by atoms with Gasteiger partial charge in [0.25, 0.3) is 0 Å². The number of benzene rings is 4. The molecule has 0 bridgehead atoms. The molecule has 0 aromatic heterocycles. The zero-order valence-corrected chi connectivity index (χ0v) is 43.2. The Kier molecular flexibility index (Phi) is 36.4. The summed E-state index contributed by atoms with van der Waals surface area (Å²) in [5, 5.41) is 50.4. The third-order valence-corrected chi connectivity index (χ3v) is 10.5. The number of β-amino-alcohol motifs (C(OH)–C–C–N with tert-alkyl or cyclic N) is 2. The Bertz CT molecular complexity index is 1810. The maximum atomic E-state index is 12.4. The number of aryl methyl sites for hydroxylation is 2. The van der Waals surface area contributed by atoms with Gasteiger partial charge in [-0.1, -0.05) is 112 Å². The van der Waals surface area contributed by atoms with E-state index in [1.807, 2.05) is 90.1 Å². The van der Waals surface area contributed by atoms with E-state index < -0.39 is 35.7 Å². The molecule has 4 aromatic rings. The number of aliphatic hydroxyl groups excluding tert-OH is 2. The van der Waals surface area contributed by atoms with E-state index in [4.69, 9.17) is 20.4 Å². The molecular formula is C54H82F6N6O6. The van der Waals surface area contributed by atoms with Gasteiger partial charge in [-0.05, 0) is 145 Å². The van der Waals surface area contributed by atoms with Crippen molar-refractivity contribution in [3.8, 4) is 22.3 Å². The van der Waals surface area contributed by atoms with Crippen LogP contribution in [0.3, 0.4) is 0 Å². The number of alkyl halides is 6. The van der Waals surface area contributed by atoms with Gasteiger partial charge in [-0.25, -0.2) is 9.59 Å². The van der Waals surface area contributed by atoms with Gasteiger partial charge in [-0.15, -0.1) is 0 Å². The third-order valence-electron chi connectivity index (χ3n) is 10.5. The molecule has 4 aliphatic rings. The number of carbonyl (C=O) groups is 2. The van der Waals surface area contributed by atoms with Crippen molar-refractivity contribution in [3.63, 3.8) is 0 Å². The number of halogens is 6. The van der Waals surface area contributed by atoms with E-state index in [9.17, 15) is 35.9 Å². The third kappa shape index (κ3) is 32.7. The highest BCUT2D eigenvalue weighted by Gasteiger charge is 2.30. The maximum Gasteiger partial charge on any atom is 0.416 e. The molecule has 4 aromatic carbocycles. The molecule has 4 aliphatic heterocycles. The van der Waals surface area contributed by atoms with E-state index in [1.54, 1.807) is 6.92 Å². The van der Waals surface area contributed by atoms with Crippen LogP contribution in [0.25, 0.3) is 22.3 Å². The molecule has 3 unspecified atom stereocenters. The molecule has 4 heterocycles. The van der Waals surface area contributed by atoms with Crippen molar-refractivity contribution in [2.45, 2.75) is 124 Å². The fourth-order valence-corrected chi connectivity index (χ4v) is 6.61. The average Bonchev–Trinajstić information content (AvgIpc) is 4.24. The van der Waals surface area contributed by atoms with Crippen LogP contribution in [-0.4, -0.2) is 110 Å². The number of rotatable bonds is 6. The summed E-state index contributed by atoms with van der Waals surface area (Å²) < 4.78 is 74.2. The van der Waals surface area contributed by atoms with E-state index >= 15 is 0 Å². The van der Waals surface area contributed by atoms with Gasteiger partial charge in [0, 0.05) is 32.2 Å². The lowest BCUT2D eigenvalue weighted by Gasteiger charge is -2.08. The molecule has 3 atom stereocenters. The van der Waals surface area contributed by atoms with Crippen molar-refractivity contribution in [2.75, 3.05) is 58.9 Å². The fraction of sp³-hybridized carbons (Fsp3) is 0.519. The Morgan fingerprint density at radius 3 is 1.10 bits per heavy atom. The summed E-state index contributed by atoms with van der Waals surface area (Å²) >= 11 is 0. The minimum Gasteiger partial charge on any atom is -0.465 e. The molecule has 2 amide bonds. The predicted molar refractivity (Wildman–Crippen MR) is 278 cm³/mol. The van der Waals surface area contributed by atoms with Gasteiger partial charge in [0.05, 0.1) is 23.3 Å². The average molecular weight is 1030 g/mol. The summed E-state index contributed by atoms with van der Waals surface area (Å²) in [6.45, 7) is 21.9. The quantitative estimate of drug-likeness (QED) is 0.0833. The van der Waals surface area contributed by atoms with Crippen LogP contribution < -0.4 is 31.9 Å². The molecule has 0 aliphatic carbocycles. The Hall–Kier alpha value is -5.24. The number of hydrogen-bond donors (Lipinski definition) is 10. The van der Waals surface area contributed by atoms with Gasteiger partial charge in [0.2, 0.25) is 0 Å². The van der Waals surface area contributed by atoms with E-state index in [0.717, 1.165) is 110 Å². The number of amides is 2. The number of carboxylic acid groups (broad SMARTS) is 2. The summed E-state index contributed by atoms with van der Waals surface area (Å²) in [6, 6.07) is 26.3. The minimum atomic E-state index is -4.27. The molecule has 72 heavy (non-hydrogen) atoms. The fourth-order valence-electron chi connectivity index (χ4n) is 6.61. The van der Waals surface area contributed by atoms with Crippen LogP contribution in [0, 0.1) is 13.8 Å². The molecule has 4 saturated heterocycles. The van der Waals surface area contributed by atoms with E-state index in [1.165, 1.54) is 63.0 Å². The summed E-state index contributed by atoms with van der Waals surface area (Å²) in [5.41, 5.74) is 4.44. The standard InChI is InChI=1S/2C14H11F3.C7H14N2O2.2C4H9NO.C4H9N.C3H7NO2.2C2H6/c2*1-10-2-4-11(5-3-10)12-6-8-13(9-7-12)14(15,16)17;10-7(11)9-5-3-6-2-1-4-8-6;2*6-4-1-2-5-3-4;1-2-4-5-3-1;1-2-4-3(5)6;2*1-2/h2*2-9H,1H3;6,8-9H,1-5H2,(H,10,11);2*4-6H,1-3H2;5H,1-4H2;4H,2H2,1H3,(H,5,6);2*1-2H3. The molecular weight excluding hydrogens is 943 g/mol. The molecule has 12 nitrogen and oxygen atoms in total. The van der Waals surface area contributed by atoms with Crippen LogP contribution in [0.5, 0.6) is 0 Å². The van der Waals surface area contributed by atoms with E-state index in [-0.39, 0.29) is 12.2 Å². The van der Waals surface area contributed by atoms with Crippen molar-refractivity contribution in [1.82, 2.24) is 31.9 Å². The van der Waals surface area contributed by atoms with E-state index in [0.29, 0.717) is 19.1 Å². The molecule has 4 fully saturated rings. The summed E-state index contributed by atoms with van der Waals surface area (Å²) in [4.78, 5) is 19.5. The molecule has 10 N–H and O–H groups in total. The van der Waals surface area contributed by atoms with Crippen LogP contribution in [0.4, 0.5) is 35.9 Å². The van der Waals surface area contributed by atoms with Gasteiger partial charge < -0.3 is 52.3 Å². The Balaban J connectivity index is 0.000000849. The Morgan fingerprint density at radius 1 is 0.528 bits per heavy atom. The second-order valence-electron chi connectivity index (χ2n) is 16.3. The second-order valence-corrected chi connectivity index (χ2v) is 16.3. The van der Waals surface area contributed by atoms with Crippen molar-refractivity contribution < 1.29 is 56.4 Å². The highest BCUT2D eigenvalue weighted by molar-refractivity contribution is 5.65. The molecule has 406 valence electrons. The summed E-state index contributed by atoms with van der Waals surface area (Å²) in [7, 11) is 0. The monoisotopic (exact) mass is 1020 g/mol. The first-order valence-electron chi connectivity index (χ1n) is 24.9. The first-order chi connectivity index (χ1) is 34.3. The minimum absolute atomic E-state index is 0.0648. The van der Waals surface area contributed by atoms with Gasteiger partial charge in [0.1, 0.15) is 0 Å². The smallest absolute Gasteiger partial charge is 0.416 e. The van der Waals surface area contributed by atoms with Crippen LogP contribution >= 0.6 is 0 Å². The van der Waals surface area contributed by atoms with Gasteiger partial charge in [-0.3, -0.25) is 0 Å². The molecule has 0 saturated carbocycles. The maximum absolute atomic E-state index is 12.4. The molecule has 8 rings (SSSR count). The lowest BCUT2D eigenvalue weighted by atomic mass is 10.0. The van der Waals surface area contributed by atoms with Crippen LogP contribution in [0.15, 0.2) is 97.1 Å². The van der Waals surface area contributed by atoms with Gasteiger partial charge >= 0.3 is 24.5 Å². The topological polar surface area (TPSA) is 187 Å². The first-order valence-corrected chi connectivity index (χ1v) is 24.9. The Labute approximate surface area is 423 Å². The highest BCUT2D eigenvalue weighted by atomic mass is 19.4. The normalized spacial score (nSPS) is 17.2. The molecule has 18 heteroatoms.